The lowest BCUT2D eigenvalue weighted by molar-refractivity contribution is 0.246. The summed E-state index contributed by atoms with van der Waals surface area (Å²) in [6.45, 7) is 7.17. The van der Waals surface area contributed by atoms with Crippen molar-refractivity contribution in [3.63, 3.8) is 0 Å². The van der Waals surface area contributed by atoms with Crippen LogP contribution in [0.25, 0.3) is 0 Å². The van der Waals surface area contributed by atoms with Gasteiger partial charge in [0, 0.05) is 5.38 Å². The molecule has 0 spiro atoms. The fraction of sp³-hybridized carbons (Fsp3) is 0.600. The topological polar surface area (TPSA) is 18.5 Å². The molecule has 0 amide bonds. The highest BCUT2D eigenvalue weighted by Gasteiger charge is 2.18. The fourth-order valence-corrected chi connectivity index (χ4v) is 2.50. The normalized spacial score (nSPS) is 14.3. The first kappa shape index (κ1) is 15.2. The Labute approximate surface area is 115 Å². The van der Waals surface area contributed by atoms with Gasteiger partial charge < -0.3 is 9.47 Å². The molecule has 2 nitrogen and oxygen atoms in total. The zero-order chi connectivity index (χ0) is 13.5. The van der Waals surface area contributed by atoms with Gasteiger partial charge in [0.2, 0.25) is 0 Å². The number of methoxy groups -OCH3 is 1. The number of rotatable bonds is 7. The van der Waals surface area contributed by atoms with E-state index in [1.807, 2.05) is 24.3 Å². The molecule has 0 fully saturated rings. The van der Waals surface area contributed by atoms with E-state index in [0.29, 0.717) is 18.4 Å². The van der Waals surface area contributed by atoms with Crippen molar-refractivity contribution in [1.82, 2.24) is 0 Å². The second-order valence-corrected chi connectivity index (χ2v) is 5.59. The van der Waals surface area contributed by atoms with E-state index in [0.717, 1.165) is 17.9 Å². The largest absolute Gasteiger partial charge is 0.497 e. The van der Waals surface area contributed by atoms with E-state index in [1.54, 1.807) is 7.11 Å². The third-order valence-corrected chi connectivity index (χ3v) is 3.55. The summed E-state index contributed by atoms with van der Waals surface area (Å²) in [4.78, 5) is 0. The number of halogens is 1. The van der Waals surface area contributed by atoms with Gasteiger partial charge in [-0.3, -0.25) is 0 Å². The number of alkyl halides is 1. The summed E-state index contributed by atoms with van der Waals surface area (Å²) in [6.07, 6.45) is 0.981. The van der Waals surface area contributed by atoms with Gasteiger partial charge in [-0.05, 0) is 49.4 Å². The van der Waals surface area contributed by atoms with Crippen LogP contribution in [0.5, 0.6) is 11.5 Å². The van der Waals surface area contributed by atoms with Crippen LogP contribution in [0.4, 0.5) is 0 Å². The number of ether oxygens (including phenoxy) is 2. The summed E-state index contributed by atoms with van der Waals surface area (Å²) in [5.74, 6) is 2.79. The van der Waals surface area contributed by atoms with Gasteiger partial charge in [0.25, 0.3) is 0 Å². The average Bonchev–Trinajstić information content (AvgIpc) is 2.34. The van der Waals surface area contributed by atoms with Gasteiger partial charge in [-0.2, -0.15) is 0 Å². The zero-order valence-corrected chi connectivity index (χ0v) is 12.4. The van der Waals surface area contributed by atoms with Crippen molar-refractivity contribution in [1.29, 1.82) is 0 Å². The van der Waals surface area contributed by atoms with Crippen molar-refractivity contribution >= 4 is 11.6 Å². The zero-order valence-electron chi connectivity index (χ0n) is 11.7. The lowest BCUT2D eigenvalue weighted by Crippen LogP contribution is -2.20. The molecule has 1 aromatic carbocycles. The molecule has 0 aliphatic heterocycles. The predicted octanol–water partition coefficient (Wildman–Crippen LogP) is 4.36. The lowest BCUT2D eigenvalue weighted by atomic mass is 9.90. The Bertz CT molecular complexity index is 325. The molecule has 0 aromatic heterocycles. The highest BCUT2D eigenvalue weighted by molar-refractivity contribution is 6.20. The average molecular weight is 271 g/mol. The minimum atomic E-state index is 0.185. The number of hydrogen-bond acceptors (Lipinski definition) is 2. The van der Waals surface area contributed by atoms with Crippen molar-refractivity contribution in [3.05, 3.63) is 24.3 Å². The van der Waals surface area contributed by atoms with Gasteiger partial charge in [-0.25, -0.2) is 0 Å². The van der Waals surface area contributed by atoms with Gasteiger partial charge in [-0.1, -0.05) is 13.8 Å². The molecule has 2 unspecified atom stereocenters. The highest BCUT2D eigenvalue weighted by Crippen LogP contribution is 2.24. The Morgan fingerprint density at radius 3 is 2.06 bits per heavy atom. The minimum Gasteiger partial charge on any atom is -0.497 e. The molecule has 0 saturated carbocycles. The van der Waals surface area contributed by atoms with Gasteiger partial charge in [0.1, 0.15) is 11.5 Å². The van der Waals surface area contributed by atoms with Crippen molar-refractivity contribution in [2.45, 2.75) is 32.6 Å². The molecular formula is C15H23ClO2. The van der Waals surface area contributed by atoms with Crippen LogP contribution in [0.3, 0.4) is 0 Å². The van der Waals surface area contributed by atoms with Crippen LogP contribution in [0.1, 0.15) is 27.2 Å². The van der Waals surface area contributed by atoms with E-state index in [9.17, 15) is 0 Å². The van der Waals surface area contributed by atoms with Crippen molar-refractivity contribution in [2.24, 2.45) is 11.8 Å². The lowest BCUT2D eigenvalue weighted by Gasteiger charge is -2.23. The summed E-state index contributed by atoms with van der Waals surface area (Å²) in [6, 6.07) is 7.65. The van der Waals surface area contributed by atoms with E-state index in [-0.39, 0.29) is 5.38 Å². The fourth-order valence-electron chi connectivity index (χ4n) is 2.08. The molecule has 1 aromatic rings. The van der Waals surface area contributed by atoms with E-state index in [1.165, 1.54) is 0 Å². The maximum Gasteiger partial charge on any atom is 0.119 e. The van der Waals surface area contributed by atoms with Crippen molar-refractivity contribution in [2.75, 3.05) is 13.7 Å². The minimum absolute atomic E-state index is 0.185. The molecule has 102 valence electrons. The molecule has 2 atom stereocenters. The number of hydrogen-bond donors (Lipinski definition) is 0. The van der Waals surface area contributed by atoms with Crippen LogP contribution in [0.15, 0.2) is 24.3 Å². The number of benzene rings is 1. The first-order chi connectivity index (χ1) is 8.54. The SMILES string of the molecule is COc1ccc(OCCC(C(C)C)C(C)Cl)cc1. The first-order valence-corrected chi connectivity index (χ1v) is 6.89. The van der Waals surface area contributed by atoms with E-state index in [4.69, 9.17) is 21.1 Å². The molecule has 0 bridgehead atoms. The highest BCUT2D eigenvalue weighted by atomic mass is 35.5. The Hall–Kier alpha value is -0.890. The molecule has 0 saturated heterocycles. The van der Waals surface area contributed by atoms with Crippen LogP contribution in [-0.4, -0.2) is 19.1 Å². The van der Waals surface area contributed by atoms with Crippen LogP contribution < -0.4 is 9.47 Å². The maximum atomic E-state index is 6.19. The molecule has 18 heavy (non-hydrogen) atoms. The third kappa shape index (κ3) is 4.77. The molecule has 0 heterocycles. The standard InChI is InChI=1S/C15H23ClO2/c1-11(2)15(12(3)16)9-10-18-14-7-5-13(17-4)6-8-14/h5-8,11-12,15H,9-10H2,1-4H3. The summed E-state index contributed by atoms with van der Waals surface area (Å²) in [5.41, 5.74) is 0. The Morgan fingerprint density at radius 1 is 1.06 bits per heavy atom. The van der Waals surface area contributed by atoms with E-state index in [2.05, 4.69) is 20.8 Å². The monoisotopic (exact) mass is 270 g/mol. The quantitative estimate of drug-likeness (QED) is 0.685. The summed E-state index contributed by atoms with van der Waals surface area (Å²) < 4.78 is 10.8. The van der Waals surface area contributed by atoms with Crippen molar-refractivity contribution < 1.29 is 9.47 Å². The Kier molecular flexibility index (Phi) is 6.34. The predicted molar refractivity (Wildman–Crippen MR) is 76.7 cm³/mol. The third-order valence-electron chi connectivity index (χ3n) is 3.23. The van der Waals surface area contributed by atoms with Crippen molar-refractivity contribution in [3.8, 4) is 11.5 Å². The molecule has 0 aliphatic carbocycles. The molecule has 3 heteroatoms. The van der Waals surface area contributed by atoms with E-state index >= 15 is 0 Å². The molecule has 0 aliphatic rings. The molecular weight excluding hydrogens is 248 g/mol. The second-order valence-electron chi connectivity index (χ2n) is 4.90. The Balaban J connectivity index is 2.40. The van der Waals surface area contributed by atoms with Crippen LogP contribution >= 0.6 is 11.6 Å². The smallest absolute Gasteiger partial charge is 0.119 e. The first-order valence-electron chi connectivity index (χ1n) is 6.45. The van der Waals surface area contributed by atoms with Gasteiger partial charge in [0.05, 0.1) is 13.7 Å². The molecule has 1 rings (SSSR count). The van der Waals surface area contributed by atoms with E-state index < -0.39 is 0 Å². The van der Waals surface area contributed by atoms with Crippen LogP contribution in [0.2, 0.25) is 0 Å². The summed E-state index contributed by atoms with van der Waals surface area (Å²) >= 11 is 6.19. The maximum absolute atomic E-state index is 6.19. The van der Waals surface area contributed by atoms with Gasteiger partial charge >= 0.3 is 0 Å². The summed E-state index contributed by atoms with van der Waals surface area (Å²) in [7, 11) is 1.66. The van der Waals surface area contributed by atoms with Crippen LogP contribution in [-0.2, 0) is 0 Å². The second kappa shape index (κ2) is 7.52. The summed E-state index contributed by atoms with van der Waals surface area (Å²) in [5, 5.41) is 0.185. The Morgan fingerprint density at radius 2 is 1.61 bits per heavy atom. The van der Waals surface area contributed by atoms with Crippen LogP contribution in [0, 0.1) is 11.8 Å². The molecule has 0 radical (unpaired) electrons. The van der Waals surface area contributed by atoms with Gasteiger partial charge in [0.15, 0.2) is 0 Å². The van der Waals surface area contributed by atoms with Gasteiger partial charge in [-0.15, -0.1) is 11.6 Å². The molecule has 0 N–H and O–H groups in total.